The van der Waals surface area contributed by atoms with Gasteiger partial charge < -0.3 is 42.2 Å². The fourth-order valence-corrected chi connectivity index (χ4v) is 12.3. The summed E-state index contributed by atoms with van der Waals surface area (Å²) in [7, 11) is 0. The second-order valence-electron chi connectivity index (χ2n) is 20.4. The van der Waals surface area contributed by atoms with Crippen LogP contribution in [0.2, 0.25) is 0 Å². The molecule has 0 radical (unpaired) electrons. The summed E-state index contributed by atoms with van der Waals surface area (Å²) in [5, 5.41) is 9.69. The van der Waals surface area contributed by atoms with Crippen LogP contribution < -0.4 is 51.7 Å². The van der Waals surface area contributed by atoms with Gasteiger partial charge in [0.1, 0.15) is 23.0 Å². The smallest absolute Gasteiger partial charge is 0.214 e. The van der Waals surface area contributed by atoms with E-state index in [2.05, 4.69) is 121 Å². The topological polar surface area (TPSA) is 72.6 Å². The van der Waals surface area contributed by atoms with Crippen molar-refractivity contribution in [1.82, 2.24) is 19.6 Å². The summed E-state index contributed by atoms with van der Waals surface area (Å²) in [6.07, 6.45) is 16.0. The van der Waals surface area contributed by atoms with Crippen molar-refractivity contribution in [1.29, 1.82) is 0 Å². The van der Waals surface area contributed by atoms with Crippen molar-refractivity contribution in [3.05, 3.63) is 215 Å². The molecule has 4 aliphatic heterocycles. The fraction of sp³-hybridized carbons (Fsp3) is 0.108. The zero-order chi connectivity index (χ0) is 50.4. The molecule has 0 fully saturated rings. The van der Waals surface area contributed by atoms with Crippen molar-refractivity contribution < 1.29 is 61.1 Å². The Hall–Kier alpha value is -7.63. The number of fused-ring (bicyclic) bond motifs is 8. The van der Waals surface area contributed by atoms with Gasteiger partial charge in [0.15, 0.2) is 0 Å². The van der Waals surface area contributed by atoms with Gasteiger partial charge in [-0.1, -0.05) is 47.5 Å². The molecule has 0 saturated carbocycles. The van der Waals surface area contributed by atoms with E-state index < -0.39 is 0 Å². The van der Waals surface area contributed by atoms with Gasteiger partial charge in [-0.25, -0.2) is 0 Å². The minimum atomic E-state index is -0.260. The number of hydrogen-bond donors (Lipinski definition) is 0. The van der Waals surface area contributed by atoms with Gasteiger partial charge in [-0.2, -0.15) is 34.3 Å². The van der Waals surface area contributed by atoms with Crippen LogP contribution in [0.1, 0.15) is 50.9 Å². The van der Waals surface area contributed by atoms with Crippen LogP contribution in [0, 0.1) is 78.0 Å². The fourth-order valence-electron chi connectivity index (χ4n) is 12.3. The van der Waals surface area contributed by atoms with Crippen LogP contribution in [0.4, 0.5) is 0 Å². The summed E-state index contributed by atoms with van der Waals surface area (Å²) in [6, 6.07) is 52.3. The molecule has 15 rings (SSSR count). The Morgan fingerprint density at radius 3 is 1.29 bits per heavy atom. The third-order valence-electron chi connectivity index (χ3n) is 15.3. The predicted octanol–water partition coefficient (Wildman–Crippen LogP) is 10.4. The molecule has 8 aromatic carbocycles. The Morgan fingerprint density at radius 1 is 0.455 bits per heavy atom. The Labute approximate surface area is 477 Å². The molecule has 0 atom stereocenters. The number of benzene rings is 8. The molecule has 378 valence electrons. The standard InChI is InChI=1S/C65H42B2N4O4.2Pt/c1-36-23-38(3)62(39(4)24-36)46-32-68-70(34-46)48-17-21-56-52(30-48)66-50-28-44(15-19-54(50)72-58-9-7-11-60(74-56)64(58)66)42-13-14-43(27-42)45-16-20-55-51(29-45)67-53-31-49(18-22-57(53)75-61-12-8-10-59(73-55)65(61)67)71-35-47(33-69-71)63-40(5)25-37(2)26-41(63)6;;/h7-12,15-26,32-35H,13H2,1-6H3;;/q-6;;. The van der Waals surface area contributed by atoms with Crippen molar-refractivity contribution in [3.63, 3.8) is 0 Å². The van der Waals surface area contributed by atoms with Crippen LogP contribution in [0.5, 0.6) is 46.0 Å². The molecule has 0 spiro atoms. The Bertz CT molecular complexity index is 4160. The maximum atomic E-state index is 6.62. The summed E-state index contributed by atoms with van der Waals surface area (Å²) >= 11 is 0. The first-order chi connectivity index (χ1) is 36.6. The first-order valence-electron chi connectivity index (χ1n) is 25.3. The summed E-state index contributed by atoms with van der Waals surface area (Å²) in [5.74, 6) is 5.97. The Kier molecular flexibility index (Phi) is 11.8. The largest absolute Gasteiger partial charge is 0.518 e. The van der Waals surface area contributed by atoms with E-state index in [1.54, 1.807) is 0 Å². The zero-order valence-corrected chi connectivity index (χ0v) is 47.2. The number of allylic oxidation sites excluding steroid dienone is 4. The molecule has 77 heavy (non-hydrogen) atoms. The minimum Gasteiger partial charge on any atom is -0.518 e. The first-order valence-corrected chi connectivity index (χ1v) is 25.3. The second kappa shape index (κ2) is 18.5. The van der Waals surface area contributed by atoms with Gasteiger partial charge in [0.05, 0.1) is 12.4 Å². The van der Waals surface area contributed by atoms with Gasteiger partial charge in [0.2, 0.25) is 13.4 Å². The van der Waals surface area contributed by atoms with Crippen molar-refractivity contribution in [3.8, 4) is 79.6 Å². The number of rotatable bonds is 6. The van der Waals surface area contributed by atoms with Crippen LogP contribution >= 0.6 is 0 Å². The van der Waals surface area contributed by atoms with Crippen molar-refractivity contribution >= 4 is 57.3 Å². The minimum absolute atomic E-state index is 0. The monoisotopic (exact) mass is 1350 g/mol. The summed E-state index contributed by atoms with van der Waals surface area (Å²) in [4.78, 5) is 0. The van der Waals surface area contributed by atoms with Gasteiger partial charge in [-0.15, -0.1) is 70.4 Å². The molecular weight excluding hydrogens is 1310 g/mol. The van der Waals surface area contributed by atoms with E-state index in [-0.39, 0.29) is 55.6 Å². The van der Waals surface area contributed by atoms with E-state index in [0.29, 0.717) is 6.42 Å². The van der Waals surface area contributed by atoms with Crippen LogP contribution in [-0.4, -0.2) is 33.0 Å². The number of aromatic nitrogens is 4. The van der Waals surface area contributed by atoms with E-state index in [0.717, 1.165) is 124 Å². The molecular formula is C65H42B2N4O4Pt2-6. The van der Waals surface area contributed by atoms with E-state index in [1.165, 1.54) is 44.5 Å². The molecule has 0 unspecified atom stereocenters. The molecule has 10 aromatic rings. The molecule has 2 aromatic heterocycles. The van der Waals surface area contributed by atoms with Gasteiger partial charge in [-0.05, 0) is 111 Å². The van der Waals surface area contributed by atoms with Crippen LogP contribution in [0.15, 0.2) is 134 Å². The molecule has 6 heterocycles. The van der Waals surface area contributed by atoms with Gasteiger partial charge >= 0.3 is 0 Å². The number of aryl methyl sites for hydroxylation is 6. The molecule has 1 aliphatic carbocycles. The molecule has 0 amide bonds. The quantitative estimate of drug-likeness (QED) is 0.122. The Balaban J connectivity index is 0.00000283. The van der Waals surface area contributed by atoms with Crippen LogP contribution in [-0.2, 0) is 42.1 Å². The van der Waals surface area contributed by atoms with Crippen LogP contribution in [0.25, 0.3) is 44.8 Å². The summed E-state index contributed by atoms with van der Waals surface area (Å²) in [6.45, 7) is 12.4. The zero-order valence-electron chi connectivity index (χ0n) is 42.6. The SMILES string of the molecule is Cc1cc(C)c(-c2cnn(-c3[c-]c4c(cc3)Oc3cccc5c3B4c3[c-]c(C4=[C-]CC(c6[c-]c7c(cc6)Oc6cccc8c6B7c6[c-]c(-n7cc(-c9c(C)cc(C)cc9C)cn7)ccc6O8)=[C-]4)ccc3O5)c2)c(C)c1.[Pt].[Pt]. The van der Waals surface area contributed by atoms with Crippen LogP contribution in [0.3, 0.4) is 0 Å². The molecule has 5 aliphatic rings. The average molecular weight is 1350 g/mol. The van der Waals surface area contributed by atoms with E-state index >= 15 is 0 Å². The predicted molar refractivity (Wildman–Crippen MR) is 295 cm³/mol. The second-order valence-corrected chi connectivity index (χ2v) is 20.4. The van der Waals surface area contributed by atoms with Crippen molar-refractivity contribution in [2.45, 2.75) is 48.0 Å². The average Bonchev–Trinajstić information content (AvgIpc) is 4.22. The third kappa shape index (κ3) is 7.89. The van der Waals surface area contributed by atoms with Gasteiger partial charge in [-0.3, -0.25) is 27.1 Å². The van der Waals surface area contributed by atoms with Gasteiger partial charge in [0, 0.05) is 99.6 Å². The van der Waals surface area contributed by atoms with E-state index in [9.17, 15) is 0 Å². The summed E-state index contributed by atoms with van der Waals surface area (Å²) < 4.78 is 30.2. The van der Waals surface area contributed by atoms with Crippen molar-refractivity contribution in [2.24, 2.45) is 0 Å². The third-order valence-corrected chi connectivity index (χ3v) is 15.3. The maximum absolute atomic E-state index is 6.62. The molecule has 12 heteroatoms. The normalized spacial score (nSPS) is 13.6. The van der Waals surface area contributed by atoms with Crippen molar-refractivity contribution in [2.75, 3.05) is 0 Å². The number of ether oxygens (including phenoxy) is 4. The number of nitrogens with zero attached hydrogens (tertiary/aromatic N) is 4. The first kappa shape index (κ1) is 49.0. The molecule has 0 bridgehead atoms. The Morgan fingerprint density at radius 2 is 0.844 bits per heavy atom. The molecule has 8 nitrogen and oxygen atoms in total. The molecule has 0 N–H and O–H groups in total. The molecule has 0 saturated heterocycles. The summed E-state index contributed by atoms with van der Waals surface area (Å²) in [5.41, 5.74) is 22.6. The maximum Gasteiger partial charge on any atom is 0.214 e. The van der Waals surface area contributed by atoms with E-state index in [4.69, 9.17) is 29.1 Å². The van der Waals surface area contributed by atoms with Gasteiger partial charge in [0.25, 0.3) is 0 Å². The van der Waals surface area contributed by atoms with E-state index in [1.807, 2.05) is 101 Å². The number of hydrogen-bond acceptors (Lipinski definition) is 6.